The Balaban J connectivity index is 2.15. The number of ether oxygens (including phenoxy) is 3. The van der Waals surface area contributed by atoms with Gasteiger partial charge >= 0.3 is 0 Å². The Morgan fingerprint density at radius 1 is 1.38 bits per heavy atom. The molecule has 0 saturated heterocycles. The molecule has 0 spiro atoms. The van der Waals surface area contributed by atoms with Crippen molar-refractivity contribution in [2.75, 3.05) is 20.3 Å². The summed E-state index contributed by atoms with van der Waals surface area (Å²) >= 11 is 3.52. The summed E-state index contributed by atoms with van der Waals surface area (Å²) < 4.78 is 17.1. The minimum atomic E-state index is -0.427. The molecule has 2 unspecified atom stereocenters. The van der Waals surface area contributed by atoms with Crippen molar-refractivity contribution in [3.05, 3.63) is 22.2 Å². The number of rotatable bonds is 5. The first-order chi connectivity index (χ1) is 10.1. The fourth-order valence-corrected chi connectivity index (χ4v) is 2.92. The van der Waals surface area contributed by atoms with Gasteiger partial charge in [0.1, 0.15) is 19.3 Å². The van der Waals surface area contributed by atoms with Gasteiger partial charge in [0.05, 0.1) is 6.04 Å². The lowest BCUT2D eigenvalue weighted by atomic mass is 10.1. The Hall–Kier alpha value is -1.27. The van der Waals surface area contributed by atoms with Gasteiger partial charge in [-0.3, -0.25) is 4.79 Å². The Labute approximate surface area is 133 Å². The van der Waals surface area contributed by atoms with Crippen molar-refractivity contribution < 1.29 is 19.0 Å². The zero-order chi connectivity index (χ0) is 15.4. The molecule has 0 bridgehead atoms. The molecule has 0 aliphatic carbocycles. The van der Waals surface area contributed by atoms with Gasteiger partial charge in [0, 0.05) is 11.6 Å². The number of amides is 1. The summed E-state index contributed by atoms with van der Waals surface area (Å²) in [5, 5.41) is 2.96. The number of carbonyl (C=O) groups is 1. The van der Waals surface area contributed by atoms with E-state index >= 15 is 0 Å². The van der Waals surface area contributed by atoms with E-state index in [4.69, 9.17) is 14.2 Å². The van der Waals surface area contributed by atoms with Gasteiger partial charge in [-0.1, -0.05) is 22.9 Å². The molecule has 6 heteroatoms. The quantitative estimate of drug-likeness (QED) is 0.880. The molecular formula is C15H20BrNO4. The van der Waals surface area contributed by atoms with Gasteiger partial charge in [0.2, 0.25) is 5.91 Å². The summed E-state index contributed by atoms with van der Waals surface area (Å²) in [6, 6.07) is 3.61. The maximum atomic E-state index is 12.1. The molecular weight excluding hydrogens is 338 g/mol. The summed E-state index contributed by atoms with van der Waals surface area (Å²) in [7, 11) is 1.54. The van der Waals surface area contributed by atoms with Crippen LogP contribution in [0.1, 0.15) is 31.9 Å². The molecule has 0 radical (unpaired) electrons. The minimum Gasteiger partial charge on any atom is -0.486 e. The van der Waals surface area contributed by atoms with Crippen LogP contribution in [0.25, 0.3) is 0 Å². The molecule has 1 heterocycles. The van der Waals surface area contributed by atoms with E-state index in [0.717, 1.165) is 15.8 Å². The third-order valence-electron chi connectivity index (χ3n) is 3.43. The number of carbonyl (C=O) groups excluding carboxylic acids is 1. The molecule has 0 aromatic heterocycles. The van der Waals surface area contributed by atoms with Gasteiger partial charge < -0.3 is 19.5 Å². The number of halogens is 1. The van der Waals surface area contributed by atoms with Crippen LogP contribution in [0.5, 0.6) is 11.5 Å². The van der Waals surface area contributed by atoms with Crippen LogP contribution in [0.2, 0.25) is 0 Å². The number of nitrogens with one attached hydrogen (secondary N) is 1. The van der Waals surface area contributed by atoms with Crippen LogP contribution in [0.3, 0.4) is 0 Å². The van der Waals surface area contributed by atoms with Crippen molar-refractivity contribution in [3.63, 3.8) is 0 Å². The second kappa shape index (κ2) is 7.13. The topological polar surface area (TPSA) is 56.8 Å². The van der Waals surface area contributed by atoms with Crippen LogP contribution in [0, 0.1) is 0 Å². The predicted molar refractivity (Wildman–Crippen MR) is 82.8 cm³/mol. The van der Waals surface area contributed by atoms with Crippen LogP contribution < -0.4 is 14.8 Å². The van der Waals surface area contributed by atoms with E-state index in [2.05, 4.69) is 21.2 Å². The highest BCUT2D eigenvalue weighted by Gasteiger charge is 2.22. The molecule has 1 aromatic rings. The average Bonchev–Trinajstić information content (AvgIpc) is 2.47. The number of hydrogen-bond donors (Lipinski definition) is 1. The van der Waals surface area contributed by atoms with Crippen molar-refractivity contribution in [1.29, 1.82) is 0 Å². The predicted octanol–water partition coefficient (Wildman–Crippen LogP) is 2.82. The molecule has 1 amide bonds. The summed E-state index contributed by atoms with van der Waals surface area (Å²) in [6.45, 7) is 4.93. The smallest absolute Gasteiger partial charge is 0.249 e. The van der Waals surface area contributed by atoms with Gasteiger partial charge in [-0.05, 0) is 31.0 Å². The molecule has 21 heavy (non-hydrogen) atoms. The molecule has 1 aliphatic heterocycles. The van der Waals surface area contributed by atoms with Crippen LogP contribution in [0.15, 0.2) is 16.6 Å². The summed E-state index contributed by atoms with van der Waals surface area (Å²) in [6.07, 6.45) is 0.209. The van der Waals surface area contributed by atoms with E-state index in [-0.39, 0.29) is 11.9 Å². The SMILES string of the molecule is CCC(OC)C(=O)NC(C)c1cc2c(cc1Br)OCCO2. The van der Waals surface area contributed by atoms with Crippen molar-refractivity contribution in [2.45, 2.75) is 32.4 Å². The molecule has 116 valence electrons. The summed E-state index contributed by atoms with van der Waals surface area (Å²) in [4.78, 5) is 12.1. The van der Waals surface area contributed by atoms with Crippen molar-refractivity contribution in [3.8, 4) is 11.5 Å². The normalized spacial score (nSPS) is 16.2. The second-order valence-corrected chi connectivity index (χ2v) is 5.73. The standard InChI is InChI=1S/C15H20BrNO4/c1-4-12(19-3)15(18)17-9(2)10-7-13-14(8-11(10)16)21-6-5-20-13/h7-9,12H,4-6H2,1-3H3,(H,17,18). The highest BCUT2D eigenvalue weighted by Crippen LogP contribution is 2.37. The van der Waals surface area contributed by atoms with E-state index in [0.29, 0.717) is 25.4 Å². The van der Waals surface area contributed by atoms with Crippen LogP contribution in [0.4, 0.5) is 0 Å². The van der Waals surface area contributed by atoms with Crippen molar-refractivity contribution in [1.82, 2.24) is 5.32 Å². The number of methoxy groups -OCH3 is 1. The first-order valence-electron chi connectivity index (χ1n) is 6.99. The Bertz CT molecular complexity index is 517. The summed E-state index contributed by atoms with van der Waals surface area (Å²) in [5.74, 6) is 1.31. The number of hydrogen-bond acceptors (Lipinski definition) is 4. The third kappa shape index (κ3) is 3.68. The van der Waals surface area contributed by atoms with E-state index < -0.39 is 6.10 Å². The van der Waals surface area contributed by atoms with Gasteiger partial charge in [-0.2, -0.15) is 0 Å². The zero-order valence-electron chi connectivity index (χ0n) is 12.4. The number of benzene rings is 1. The van der Waals surface area contributed by atoms with E-state index in [1.165, 1.54) is 0 Å². The Morgan fingerprint density at radius 2 is 2.00 bits per heavy atom. The van der Waals surface area contributed by atoms with Gasteiger partial charge in [-0.15, -0.1) is 0 Å². The lowest BCUT2D eigenvalue weighted by Crippen LogP contribution is -2.37. The highest BCUT2D eigenvalue weighted by molar-refractivity contribution is 9.10. The highest BCUT2D eigenvalue weighted by atomic mass is 79.9. The molecule has 2 rings (SSSR count). The molecule has 0 fully saturated rings. The largest absolute Gasteiger partial charge is 0.486 e. The lowest BCUT2D eigenvalue weighted by Gasteiger charge is -2.23. The van der Waals surface area contributed by atoms with Crippen LogP contribution >= 0.6 is 15.9 Å². The molecule has 1 aliphatic rings. The van der Waals surface area contributed by atoms with Gasteiger partial charge in [0.15, 0.2) is 11.5 Å². The molecule has 0 saturated carbocycles. The molecule has 2 atom stereocenters. The van der Waals surface area contributed by atoms with Crippen LogP contribution in [-0.4, -0.2) is 32.3 Å². The first kappa shape index (κ1) is 16.1. The Morgan fingerprint density at radius 3 is 2.57 bits per heavy atom. The van der Waals surface area contributed by atoms with Crippen molar-refractivity contribution >= 4 is 21.8 Å². The number of fused-ring (bicyclic) bond motifs is 1. The lowest BCUT2D eigenvalue weighted by molar-refractivity contribution is -0.131. The minimum absolute atomic E-state index is 0.116. The third-order valence-corrected chi connectivity index (χ3v) is 4.12. The molecule has 1 N–H and O–H groups in total. The van der Waals surface area contributed by atoms with E-state index in [1.807, 2.05) is 26.0 Å². The van der Waals surface area contributed by atoms with Crippen molar-refractivity contribution in [2.24, 2.45) is 0 Å². The first-order valence-corrected chi connectivity index (χ1v) is 7.78. The summed E-state index contributed by atoms with van der Waals surface area (Å²) in [5.41, 5.74) is 0.943. The fraction of sp³-hybridized carbons (Fsp3) is 0.533. The second-order valence-electron chi connectivity index (χ2n) is 4.88. The van der Waals surface area contributed by atoms with E-state index in [1.54, 1.807) is 7.11 Å². The van der Waals surface area contributed by atoms with Crippen LogP contribution in [-0.2, 0) is 9.53 Å². The van der Waals surface area contributed by atoms with Gasteiger partial charge in [-0.25, -0.2) is 0 Å². The maximum Gasteiger partial charge on any atom is 0.249 e. The average molecular weight is 358 g/mol. The fourth-order valence-electron chi connectivity index (χ4n) is 2.25. The van der Waals surface area contributed by atoms with Gasteiger partial charge in [0.25, 0.3) is 0 Å². The Kier molecular flexibility index (Phi) is 5.47. The maximum absolute atomic E-state index is 12.1. The molecule has 5 nitrogen and oxygen atoms in total. The monoisotopic (exact) mass is 357 g/mol. The zero-order valence-corrected chi connectivity index (χ0v) is 14.0. The van der Waals surface area contributed by atoms with E-state index in [9.17, 15) is 4.79 Å². The molecule has 1 aromatic carbocycles.